The molecule has 0 spiro atoms. The summed E-state index contributed by atoms with van der Waals surface area (Å²) in [4.78, 5) is 4.63. The molecular weight excluding hydrogens is 340 g/mol. The summed E-state index contributed by atoms with van der Waals surface area (Å²) in [5.41, 5.74) is 4.21. The molecule has 1 N–H and O–H groups in total. The summed E-state index contributed by atoms with van der Waals surface area (Å²) in [5, 5.41) is 14.1. The van der Waals surface area contributed by atoms with Crippen molar-refractivity contribution in [1.29, 1.82) is 0 Å². The first-order valence-corrected chi connectivity index (χ1v) is 8.83. The lowest BCUT2D eigenvalue weighted by molar-refractivity contribution is 0.102. The molecule has 7 heteroatoms. The van der Waals surface area contributed by atoms with Crippen molar-refractivity contribution in [1.82, 2.24) is 30.2 Å². The number of H-pyrrole nitrogens is 1. The quantitative estimate of drug-likeness (QED) is 0.522. The Morgan fingerprint density at radius 1 is 0.926 bits per heavy atom. The van der Waals surface area contributed by atoms with Crippen molar-refractivity contribution < 1.29 is 4.74 Å². The van der Waals surface area contributed by atoms with E-state index in [1.807, 2.05) is 42.7 Å². The maximum absolute atomic E-state index is 5.99. The fourth-order valence-electron chi connectivity index (χ4n) is 2.94. The molecular formula is C20H20N6O. The molecule has 0 saturated carbocycles. The zero-order valence-corrected chi connectivity index (χ0v) is 14.8. The van der Waals surface area contributed by atoms with Crippen LogP contribution in [0.25, 0.3) is 11.3 Å². The molecule has 4 rings (SSSR count). The summed E-state index contributed by atoms with van der Waals surface area (Å²) in [6.07, 6.45) is 2.52. The van der Waals surface area contributed by atoms with Gasteiger partial charge in [-0.1, -0.05) is 65.9 Å². The Morgan fingerprint density at radius 2 is 1.70 bits per heavy atom. The van der Waals surface area contributed by atoms with Gasteiger partial charge in [-0.05, 0) is 5.56 Å². The number of ether oxygens (including phenoxy) is 1. The summed E-state index contributed by atoms with van der Waals surface area (Å²) < 4.78 is 8.09. The van der Waals surface area contributed by atoms with Crippen LogP contribution in [0.5, 0.6) is 0 Å². The number of imidazole rings is 1. The third-order valence-electron chi connectivity index (χ3n) is 4.31. The van der Waals surface area contributed by atoms with Crippen molar-refractivity contribution in [3.8, 4) is 11.3 Å². The predicted octanol–water partition coefficient (Wildman–Crippen LogP) is 3.02. The Bertz CT molecular complexity index is 951. The Morgan fingerprint density at radius 3 is 2.44 bits per heavy atom. The molecule has 2 aromatic heterocycles. The second-order valence-corrected chi connectivity index (χ2v) is 6.16. The molecule has 0 aliphatic heterocycles. The van der Waals surface area contributed by atoms with Gasteiger partial charge in [0.15, 0.2) is 5.82 Å². The molecule has 0 fully saturated rings. The zero-order valence-electron chi connectivity index (χ0n) is 14.8. The first-order valence-electron chi connectivity index (χ1n) is 8.83. The van der Waals surface area contributed by atoms with Crippen LogP contribution in [0.1, 0.15) is 17.1 Å². The molecule has 0 radical (unpaired) electrons. The first kappa shape index (κ1) is 17.1. The van der Waals surface area contributed by atoms with E-state index >= 15 is 0 Å². The van der Waals surface area contributed by atoms with Gasteiger partial charge in [-0.3, -0.25) is 0 Å². The number of tetrazole rings is 1. The van der Waals surface area contributed by atoms with Crippen LogP contribution >= 0.6 is 0 Å². The number of benzene rings is 2. The van der Waals surface area contributed by atoms with Crippen molar-refractivity contribution >= 4 is 0 Å². The highest BCUT2D eigenvalue weighted by molar-refractivity contribution is 5.61. The van der Waals surface area contributed by atoms with Crippen LogP contribution in [0.3, 0.4) is 0 Å². The number of hydrogen-bond donors (Lipinski definition) is 1. The van der Waals surface area contributed by atoms with E-state index in [-0.39, 0.29) is 0 Å². The Labute approximate surface area is 157 Å². The molecule has 0 bridgehead atoms. The SMILES string of the molecule is c1ccc(COCc2c(-c3ccccc3)ncn2CCc2nn[nH]n2)cc1. The average molecular weight is 360 g/mol. The van der Waals surface area contributed by atoms with Gasteiger partial charge in [0, 0.05) is 18.5 Å². The van der Waals surface area contributed by atoms with Crippen LogP contribution in [-0.4, -0.2) is 30.2 Å². The largest absolute Gasteiger partial charge is 0.370 e. The number of rotatable bonds is 8. The van der Waals surface area contributed by atoms with Gasteiger partial charge in [0.1, 0.15) is 0 Å². The molecule has 136 valence electrons. The van der Waals surface area contributed by atoms with E-state index in [0.717, 1.165) is 22.5 Å². The fourth-order valence-corrected chi connectivity index (χ4v) is 2.94. The van der Waals surface area contributed by atoms with E-state index in [2.05, 4.69) is 54.4 Å². The van der Waals surface area contributed by atoms with Crippen molar-refractivity contribution in [2.75, 3.05) is 0 Å². The van der Waals surface area contributed by atoms with Gasteiger partial charge < -0.3 is 9.30 Å². The van der Waals surface area contributed by atoms with E-state index in [1.165, 1.54) is 0 Å². The Kier molecular flexibility index (Phi) is 5.31. The second-order valence-electron chi connectivity index (χ2n) is 6.16. The van der Waals surface area contributed by atoms with Crippen molar-refractivity contribution in [3.05, 3.63) is 84.1 Å². The minimum atomic E-state index is 0.478. The lowest BCUT2D eigenvalue weighted by Crippen LogP contribution is -2.08. The highest BCUT2D eigenvalue weighted by Gasteiger charge is 2.14. The molecule has 0 aliphatic carbocycles. The van der Waals surface area contributed by atoms with Gasteiger partial charge in [0.2, 0.25) is 0 Å². The van der Waals surface area contributed by atoms with Gasteiger partial charge >= 0.3 is 0 Å². The summed E-state index contributed by atoms with van der Waals surface area (Å²) >= 11 is 0. The van der Waals surface area contributed by atoms with E-state index in [9.17, 15) is 0 Å². The highest BCUT2D eigenvalue weighted by Crippen LogP contribution is 2.23. The Hall–Kier alpha value is -3.32. The lowest BCUT2D eigenvalue weighted by atomic mass is 10.1. The normalized spacial score (nSPS) is 11.0. The molecule has 0 amide bonds. The predicted molar refractivity (Wildman–Crippen MR) is 100 cm³/mol. The standard InChI is InChI=1S/C20H20N6O/c1-3-7-16(8-4-1)13-27-14-18-20(17-9-5-2-6-10-17)21-15-26(18)12-11-19-22-24-25-23-19/h1-10,15H,11-14H2,(H,22,23,24,25). The lowest BCUT2D eigenvalue weighted by Gasteiger charge is -2.11. The van der Waals surface area contributed by atoms with E-state index in [1.54, 1.807) is 0 Å². The molecule has 7 nitrogen and oxygen atoms in total. The maximum Gasteiger partial charge on any atom is 0.176 e. The van der Waals surface area contributed by atoms with Crippen LogP contribution in [0.4, 0.5) is 0 Å². The van der Waals surface area contributed by atoms with Crippen LogP contribution in [0.2, 0.25) is 0 Å². The summed E-state index contributed by atoms with van der Waals surface area (Å²) in [5.74, 6) is 0.682. The van der Waals surface area contributed by atoms with Crippen LogP contribution in [-0.2, 0) is 30.9 Å². The summed E-state index contributed by atoms with van der Waals surface area (Å²) in [6, 6.07) is 20.3. The number of aromatic amines is 1. The molecule has 4 aromatic rings. The van der Waals surface area contributed by atoms with Crippen molar-refractivity contribution in [2.45, 2.75) is 26.2 Å². The number of hydrogen-bond acceptors (Lipinski definition) is 5. The number of nitrogens with one attached hydrogen (secondary N) is 1. The van der Waals surface area contributed by atoms with Crippen LogP contribution in [0, 0.1) is 0 Å². The van der Waals surface area contributed by atoms with Crippen molar-refractivity contribution in [3.63, 3.8) is 0 Å². The maximum atomic E-state index is 5.99. The smallest absolute Gasteiger partial charge is 0.176 e. The van der Waals surface area contributed by atoms with Gasteiger partial charge in [-0.2, -0.15) is 5.21 Å². The first-order chi connectivity index (χ1) is 13.4. The molecule has 2 heterocycles. The van der Waals surface area contributed by atoms with Crippen LogP contribution in [0.15, 0.2) is 67.0 Å². The van der Waals surface area contributed by atoms with E-state index in [0.29, 0.717) is 32.0 Å². The molecule has 27 heavy (non-hydrogen) atoms. The number of nitrogens with zero attached hydrogens (tertiary/aromatic N) is 5. The Balaban J connectivity index is 1.52. The zero-order chi connectivity index (χ0) is 18.3. The van der Waals surface area contributed by atoms with Gasteiger partial charge in [-0.25, -0.2) is 4.98 Å². The average Bonchev–Trinajstić information content (AvgIpc) is 3.38. The van der Waals surface area contributed by atoms with Crippen LogP contribution < -0.4 is 0 Å². The summed E-state index contributed by atoms with van der Waals surface area (Å²) in [6.45, 7) is 1.75. The monoisotopic (exact) mass is 360 g/mol. The highest BCUT2D eigenvalue weighted by atomic mass is 16.5. The van der Waals surface area contributed by atoms with E-state index in [4.69, 9.17) is 4.74 Å². The number of aromatic nitrogens is 6. The van der Waals surface area contributed by atoms with Gasteiger partial charge in [-0.15, -0.1) is 10.2 Å². The molecule has 0 saturated heterocycles. The third-order valence-corrected chi connectivity index (χ3v) is 4.31. The summed E-state index contributed by atoms with van der Waals surface area (Å²) in [7, 11) is 0. The molecule has 0 unspecified atom stereocenters. The van der Waals surface area contributed by atoms with E-state index < -0.39 is 0 Å². The minimum Gasteiger partial charge on any atom is -0.370 e. The third kappa shape index (κ3) is 4.27. The van der Waals surface area contributed by atoms with Crippen molar-refractivity contribution in [2.24, 2.45) is 0 Å². The molecule has 2 aromatic carbocycles. The molecule has 0 atom stereocenters. The number of aryl methyl sites for hydroxylation is 2. The molecule has 0 aliphatic rings. The second kappa shape index (κ2) is 8.37. The minimum absolute atomic E-state index is 0.478. The fraction of sp³-hybridized carbons (Fsp3) is 0.200. The van der Waals surface area contributed by atoms with Gasteiger partial charge in [0.05, 0.1) is 30.9 Å². The van der Waals surface area contributed by atoms with Gasteiger partial charge in [0.25, 0.3) is 0 Å². The topological polar surface area (TPSA) is 81.5 Å².